The van der Waals surface area contributed by atoms with Crippen LogP contribution >= 0.6 is 11.3 Å². The van der Waals surface area contributed by atoms with E-state index in [2.05, 4.69) is 15.1 Å². The molecule has 7 nitrogen and oxygen atoms in total. The van der Waals surface area contributed by atoms with Gasteiger partial charge in [0.1, 0.15) is 11.1 Å². The molecule has 8 heteroatoms. The minimum Gasteiger partial charge on any atom is -0.448 e. The average Bonchev–Trinajstić information content (AvgIpc) is 3.36. The van der Waals surface area contributed by atoms with E-state index in [-0.39, 0.29) is 17.7 Å². The van der Waals surface area contributed by atoms with E-state index in [4.69, 9.17) is 8.94 Å². The fourth-order valence-corrected chi connectivity index (χ4v) is 3.34. The summed E-state index contributed by atoms with van der Waals surface area (Å²) in [7, 11) is 0. The minimum absolute atomic E-state index is 0.160. The van der Waals surface area contributed by atoms with Crippen LogP contribution in [0.2, 0.25) is 0 Å². The monoisotopic (exact) mass is 350 g/mol. The first-order chi connectivity index (χ1) is 12.3. The second-order valence-corrected chi connectivity index (χ2v) is 6.39. The standard InChI is InChI=1S/C17H10N4O3S/c22-17-15-14(10-4-1-2-5-11(10)23-15)18-9-21(17)8-13-19-16(24-20-13)12-6-3-7-25-12/h1-7,9H,8H2. The lowest BCUT2D eigenvalue weighted by Crippen LogP contribution is -2.21. The molecule has 25 heavy (non-hydrogen) atoms. The Labute approximate surface area is 144 Å². The topological polar surface area (TPSA) is 87.0 Å². The highest BCUT2D eigenvalue weighted by Gasteiger charge is 2.15. The summed E-state index contributed by atoms with van der Waals surface area (Å²) < 4.78 is 12.3. The summed E-state index contributed by atoms with van der Waals surface area (Å²) in [6.07, 6.45) is 1.48. The maximum Gasteiger partial charge on any atom is 0.297 e. The summed E-state index contributed by atoms with van der Waals surface area (Å²) in [6, 6.07) is 11.2. The molecule has 0 aliphatic heterocycles. The van der Waals surface area contributed by atoms with E-state index in [1.54, 1.807) is 0 Å². The van der Waals surface area contributed by atoms with Crippen molar-refractivity contribution in [3.63, 3.8) is 0 Å². The third kappa shape index (κ3) is 2.26. The molecule has 4 heterocycles. The Morgan fingerprint density at radius 3 is 2.96 bits per heavy atom. The van der Waals surface area contributed by atoms with Crippen LogP contribution in [0.1, 0.15) is 5.82 Å². The van der Waals surface area contributed by atoms with Gasteiger partial charge in [-0.15, -0.1) is 11.3 Å². The molecule has 0 aliphatic carbocycles. The van der Waals surface area contributed by atoms with Crippen molar-refractivity contribution in [1.82, 2.24) is 19.7 Å². The number of para-hydroxylation sites is 1. The highest BCUT2D eigenvalue weighted by Crippen LogP contribution is 2.24. The first-order valence-corrected chi connectivity index (χ1v) is 8.41. The van der Waals surface area contributed by atoms with Crippen LogP contribution in [-0.2, 0) is 6.54 Å². The van der Waals surface area contributed by atoms with E-state index >= 15 is 0 Å². The van der Waals surface area contributed by atoms with Crippen LogP contribution in [-0.4, -0.2) is 19.7 Å². The number of fused-ring (bicyclic) bond motifs is 3. The van der Waals surface area contributed by atoms with Crippen molar-refractivity contribution in [3.05, 3.63) is 64.3 Å². The zero-order chi connectivity index (χ0) is 16.8. The Bertz CT molecular complexity index is 1250. The molecule has 0 unspecified atom stereocenters. The number of nitrogens with zero attached hydrogens (tertiary/aromatic N) is 4. The molecule has 0 saturated carbocycles. The zero-order valence-corrected chi connectivity index (χ0v) is 13.6. The second-order valence-electron chi connectivity index (χ2n) is 5.45. The van der Waals surface area contributed by atoms with Gasteiger partial charge in [0.15, 0.2) is 5.82 Å². The molecule has 1 aromatic carbocycles. The molecule has 0 aliphatic rings. The third-order valence-corrected chi connectivity index (χ3v) is 4.72. The number of rotatable bonds is 3. The zero-order valence-electron chi connectivity index (χ0n) is 12.7. The molecule has 0 bridgehead atoms. The van der Waals surface area contributed by atoms with Crippen molar-refractivity contribution >= 4 is 33.4 Å². The first-order valence-electron chi connectivity index (χ1n) is 7.53. The smallest absolute Gasteiger partial charge is 0.297 e. The van der Waals surface area contributed by atoms with E-state index in [0.29, 0.717) is 22.8 Å². The van der Waals surface area contributed by atoms with Gasteiger partial charge in [-0.25, -0.2) is 4.98 Å². The summed E-state index contributed by atoms with van der Waals surface area (Å²) in [5, 5.41) is 6.69. The molecule has 4 aromatic heterocycles. The predicted octanol–water partition coefficient (Wildman–Crippen LogP) is 3.30. The molecule has 0 spiro atoms. The quantitative estimate of drug-likeness (QED) is 0.496. The Morgan fingerprint density at radius 1 is 1.16 bits per heavy atom. The van der Waals surface area contributed by atoms with E-state index in [0.717, 1.165) is 10.3 Å². The fraction of sp³-hybridized carbons (Fsp3) is 0.0588. The first kappa shape index (κ1) is 14.1. The summed E-state index contributed by atoms with van der Waals surface area (Å²) in [5.74, 6) is 0.846. The van der Waals surface area contributed by atoms with Crippen molar-refractivity contribution in [2.24, 2.45) is 0 Å². The van der Waals surface area contributed by atoms with Gasteiger partial charge in [0.2, 0.25) is 5.58 Å². The largest absolute Gasteiger partial charge is 0.448 e. The van der Waals surface area contributed by atoms with Crippen molar-refractivity contribution < 1.29 is 8.94 Å². The van der Waals surface area contributed by atoms with E-state index < -0.39 is 0 Å². The molecule has 0 saturated heterocycles. The SMILES string of the molecule is O=c1c2oc3ccccc3c2ncn1Cc1noc(-c2cccs2)n1. The van der Waals surface area contributed by atoms with Crippen molar-refractivity contribution in [2.45, 2.75) is 6.54 Å². The number of furan rings is 1. The van der Waals surface area contributed by atoms with Gasteiger partial charge in [-0.3, -0.25) is 9.36 Å². The van der Waals surface area contributed by atoms with Crippen LogP contribution in [0.25, 0.3) is 32.8 Å². The number of thiophene rings is 1. The predicted molar refractivity (Wildman–Crippen MR) is 92.5 cm³/mol. The lowest BCUT2D eigenvalue weighted by atomic mass is 10.2. The van der Waals surface area contributed by atoms with Crippen molar-refractivity contribution in [2.75, 3.05) is 0 Å². The minimum atomic E-state index is -0.274. The molecular formula is C17H10N4O3S. The summed E-state index contributed by atoms with van der Waals surface area (Å²) in [4.78, 5) is 22.3. The van der Waals surface area contributed by atoms with Crippen molar-refractivity contribution in [1.29, 1.82) is 0 Å². The van der Waals surface area contributed by atoms with Gasteiger partial charge in [0.05, 0.1) is 17.7 Å². The molecule has 5 rings (SSSR count). The van der Waals surface area contributed by atoms with Crippen LogP contribution in [0.5, 0.6) is 0 Å². The highest BCUT2D eigenvalue weighted by atomic mass is 32.1. The average molecular weight is 350 g/mol. The van der Waals surface area contributed by atoms with E-state index in [1.807, 2.05) is 41.8 Å². The van der Waals surface area contributed by atoms with Crippen molar-refractivity contribution in [3.8, 4) is 10.8 Å². The maximum absolute atomic E-state index is 12.7. The highest BCUT2D eigenvalue weighted by molar-refractivity contribution is 7.13. The van der Waals surface area contributed by atoms with Gasteiger partial charge < -0.3 is 8.94 Å². The van der Waals surface area contributed by atoms with Crippen LogP contribution in [0, 0.1) is 0 Å². The molecule has 5 aromatic rings. The van der Waals surface area contributed by atoms with Gasteiger partial charge in [0.25, 0.3) is 11.4 Å². The maximum atomic E-state index is 12.7. The van der Waals surface area contributed by atoms with Gasteiger partial charge in [-0.1, -0.05) is 23.4 Å². The Kier molecular flexibility index (Phi) is 3.04. The Hall–Kier alpha value is -3.26. The fourth-order valence-electron chi connectivity index (χ4n) is 2.70. The molecule has 0 amide bonds. The number of hydrogen-bond acceptors (Lipinski definition) is 7. The second kappa shape index (κ2) is 5.38. The van der Waals surface area contributed by atoms with Gasteiger partial charge in [-0.05, 0) is 23.6 Å². The van der Waals surface area contributed by atoms with Gasteiger partial charge in [0, 0.05) is 5.39 Å². The molecule has 122 valence electrons. The lowest BCUT2D eigenvalue weighted by molar-refractivity contribution is 0.420. The third-order valence-electron chi connectivity index (χ3n) is 3.86. The van der Waals surface area contributed by atoms with E-state index in [1.165, 1.54) is 22.2 Å². The van der Waals surface area contributed by atoms with Crippen LogP contribution in [0.4, 0.5) is 0 Å². The number of benzene rings is 1. The molecule has 0 N–H and O–H groups in total. The van der Waals surface area contributed by atoms with Crippen LogP contribution in [0.15, 0.2) is 61.8 Å². The van der Waals surface area contributed by atoms with Gasteiger partial charge >= 0.3 is 0 Å². The number of hydrogen-bond donors (Lipinski definition) is 0. The Balaban J connectivity index is 1.56. The summed E-state index contributed by atoms with van der Waals surface area (Å²) >= 11 is 1.51. The lowest BCUT2D eigenvalue weighted by Gasteiger charge is -2.00. The normalized spacial score (nSPS) is 11.5. The molecule has 0 fully saturated rings. The Morgan fingerprint density at radius 2 is 2.08 bits per heavy atom. The van der Waals surface area contributed by atoms with Crippen LogP contribution < -0.4 is 5.56 Å². The summed E-state index contributed by atoms with van der Waals surface area (Å²) in [5.41, 5.74) is 1.15. The molecule has 0 radical (unpaired) electrons. The van der Waals surface area contributed by atoms with E-state index in [9.17, 15) is 4.79 Å². The molecule has 0 atom stereocenters. The molecular weight excluding hydrogens is 340 g/mol. The van der Waals surface area contributed by atoms with Crippen LogP contribution in [0.3, 0.4) is 0 Å². The summed E-state index contributed by atoms with van der Waals surface area (Å²) in [6.45, 7) is 0.160. The van der Waals surface area contributed by atoms with Gasteiger partial charge in [-0.2, -0.15) is 4.98 Å². The number of aromatic nitrogens is 4.